The van der Waals surface area contributed by atoms with Gasteiger partial charge >= 0.3 is 5.97 Å². The van der Waals surface area contributed by atoms with Gasteiger partial charge in [-0.05, 0) is 19.4 Å². The van der Waals surface area contributed by atoms with Crippen molar-refractivity contribution in [2.45, 2.75) is 20.4 Å². The molecule has 2 N–H and O–H groups in total. The Bertz CT molecular complexity index is 747. The highest BCUT2D eigenvalue weighted by molar-refractivity contribution is 7.20. The van der Waals surface area contributed by atoms with Crippen LogP contribution in [-0.2, 0) is 16.1 Å². The largest absolute Gasteiger partial charge is 0.465 e. The van der Waals surface area contributed by atoms with E-state index in [1.165, 1.54) is 6.33 Å². The van der Waals surface area contributed by atoms with E-state index in [0.717, 1.165) is 15.9 Å². The molecule has 2 aromatic heterocycles. The number of ether oxygens (including phenoxy) is 1. The average Bonchev–Trinajstić information content (AvgIpc) is 2.71. The number of esters is 1. The number of nitrogens with two attached hydrogens (primary N) is 1. The second-order valence-electron chi connectivity index (χ2n) is 4.08. The van der Waals surface area contributed by atoms with E-state index in [1.54, 1.807) is 13.8 Å². The molecule has 0 saturated heterocycles. The van der Waals surface area contributed by atoms with Gasteiger partial charge in [-0.2, -0.15) is 0 Å². The molecule has 7 nitrogen and oxygen atoms in total. The molecule has 0 unspecified atom stereocenters. The highest BCUT2D eigenvalue weighted by Crippen LogP contribution is 2.26. The second-order valence-corrected chi connectivity index (χ2v) is 5.08. The van der Waals surface area contributed by atoms with Crippen molar-refractivity contribution in [3.63, 3.8) is 0 Å². The van der Waals surface area contributed by atoms with Crippen LogP contribution in [-0.4, -0.2) is 28.0 Å². The first-order chi connectivity index (χ1) is 9.45. The minimum Gasteiger partial charge on any atom is -0.465 e. The van der Waals surface area contributed by atoms with E-state index in [-0.39, 0.29) is 18.7 Å². The topological polar surface area (TPSA) is 104 Å². The number of carbonyl (C=O) groups is 2. The molecule has 8 heteroatoms. The predicted molar refractivity (Wildman–Crippen MR) is 73.8 cm³/mol. The number of hydrogen-bond donors (Lipinski definition) is 1. The van der Waals surface area contributed by atoms with Gasteiger partial charge < -0.3 is 10.5 Å². The number of thiophene rings is 1. The first kappa shape index (κ1) is 14.2. The summed E-state index contributed by atoms with van der Waals surface area (Å²) in [7, 11) is 0. The summed E-state index contributed by atoms with van der Waals surface area (Å²) in [6.07, 6.45) is 1.27. The van der Waals surface area contributed by atoms with Crippen LogP contribution in [0.25, 0.3) is 10.2 Å². The van der Waals surface area contributed by atoms with Gasteiger partial charge in [0.05, 0.1) is 23.2 Å². The average molecular weight is 295 g/mol. The molecule has 0 aliphatic rings. The van der Waals surface area contributed by atoms with Crippen molar-refractivity contribution in [2.24, 2.45) is 5.73 Å². The fourth-order valence-electron chi connectivity index (χ4n) is 1.85. The molecule has 0 aliphatic carbocycles. The van der Waals surface area contributed by atoms with Crippen LogP contribution in [0.4, 0.5) is 0 Å². The summed E-state index contributed by atoms with van der Waals surface area (Å²) < 4.78 is 5.95. The van der Waals surface area contributed by atoms with Crippen LogP contribution >= 0.6 is 11.3 Å². The third-order valence-corrected chi connectivity index (χ3v) is 3.96. The Kier molecular flexibility index (Phi) is 3.84. The molecule has 2 rings (SSSR count). The highest BCUT2D eigenvalue weighted by Gasteiger charge is 2.18. The number of aryl methyl sites for hydroxylation is 1. The van der Waals surface area contributed by atoms with Gasteiger partial charge in [0.25, 0.3) is 11.5 Å². The molecule has 2 heterocycles. The molecule has 106 valence electrons. The molecule has 0 radical (unpaired) electrons. The van der Waals surface area contributed by atoms with Crippen LogP contribution in [0.5, 0.6) is 0 Å². The van der Waals surface area contributed by atoms with Gasteiger partial charge in [-0.25, -0.2) is 4.98 Å². The van der Waals surface area contributed by atoms with E-state index in [9.17, 15) is 14.4 Å². The first-order valence-electron chi connectivity index (χ1n) is 5.89. The zero-order valence-electron chi connectivity index (χ0n) is 11.0. The number of aromatic nitrogens is 2. The summed E-state index contributed by atoms with van der Waals surface area (Å²) in [5.41, 5.74) is 5.36. The lowest BCUT2D eigenvalue weighted by molar-refractivity contribution is -0.143. The van der Waals surface area contributed by atoms with E-state index in [0.29, 0.717) is 20.7 Å². The zero-order chi connectivity index (χ0) is 14.9. The molecule has 0 atom stereocenters. The molecule has 0 saturated carbocycles. The lowest BCUT2D eigenvalue weighted by Gasteiger charge is -2.04. The Labute approximate surface area is 118 Å². The van der Waals surface area contributed by atoms with E-state index in [4.69, 9.17) is 10.5 Å². The molecule has 0 fully saturated rings. The summed E-state index contributed by atoms with van der Waals surface area (Å²) in [6.45, 7) is 3.35. The Morgan fingerprint density at radius 2 is 2.20 bits per heavy atom. The standard InChI is InChI=1S/C12H13N3O4S/c1-3-19-7(16)4-15-5-14-11-8(12(15)18)6(2)9(20-11)10(13)17/h5H,3-4H2,1-2H3,(H2,13,17). The third kappa shape index (κ3) is 2.42. The van der Waals surface area contributed by atoms with Crippen LogP contribution in [0.1, 0.15) is 22.2 Å². The van der Waals surface area contributed by atoms with Crippen molar-refractivity contribution in [1.29, 1.82) is 0 Å². The summed E-state index contributed by atoms with van der Waals surface area (Å²) in [5, 5.41) is 0.315. The SMILES string of the molecule is CCOC(=O)Cn1cnc2sc(C(N)=O)c(C)c2c1=O. The molecule has 2 aromatic rings. The number of nitrogens with zero attached hydrogens (tertiary/aromatic N) is 2. The first-order valence-corrected chi connectivity index (χ1v) is 6.71. The van der Waals surface area contributed by atoms with Crippen molar-refractivity contribution in [3.8, 4) is 0 Å². The predicted octanol–water partition coefficient (Wildman–Crippen LogP) is 0.428. The van der Waals surface area contributed by atoms with E-state index in [1.807, 2.05) is 0 Å². The molecular formula is C12H13N3O4S. The van der Waals surface area contributed by atoms with Gasteiger partial charge in [0.1, 0.15) is 11.4 Å². The van der Waals surface area contributed by atoms with Crippen LogP contribution in [0, 0.1) is 6.92 Å². The maximum absolute atomic E-state index is 12.3. The fourth-order valence-corrected chi connectivity index (χ4v) is 2.84. The third-order valence-electron chi connectivity index (χ3n) is 2.75. The van der Waals surface area contributed by atoms with Crippen molar-refractivity contribution < 1.29 is 14.3 Å². The molecule has 0 spiro atoms. The smallest absolute Gasteiger partial charge is 0.326 e. The Balaban J connectivity index is 2.53. The van der Waals surface area contributed by atoms with Gasteiger partial charge in [-0.3, -0.25) is 19.0 Å². The minimum atomic E-state index is -0.596. The number of primary amides is 1. The molecule has 0 aliphatic heterocycles. The van der Waals surface area contributed by atoms with Gasteiger partial charge in [0.2, 0.25) is 0 Å². The van der Waals surface area contributed by atoms with Gasteiger partial charge in [0.15, 0.2) is 0 Å². The number of fused-ring (bicyclic) bond motifs is 1. The monoisotopic (exact) mass is 295 g/mol. The van der Waals surface area contributed by atoms with Crippen molar-refractivity contribution >= 4 is 33.4 Å². The van der Waals surface area contributed by atoms with E-state index < -0.39 is 11.9 Å². The highest BCUT2D eigenvalue weighted by atomic mass is 32.1. The van der Waals surface area contributed by atoms with Crippen LogP contribution in [0.3, 0.4) is 0 Å². The molecule has 0 aromatic carbocycles. The summed E-state index contributed by atoms with van der Waals surface area (Å²) in [5.74, 6) is -1.11. The lowest BCUT2D eigenvalue weighted by Crippen LogP contribution is -2.25. The second kappa shape index (κ2) is 5.41. The fraction of sp³-hybridized carbons (Fsp3) is 0.333. The van der Waals surface area contributed by atoms with Crippen molar-refractivity contribution in [3.05, 3.63) is 27.1 Å². The summed E-state index contributed by atoms with van der Waals surface area (Å²) in [6, 6.07) is 0. The molecular weight excluding hydrogens is 282 g/mol. The van der Waals surface area contributed by atoms with Crippen LogP contribution in [0.15, 0.2) is 11.1 Å². The normalized spacial score (nSPS) is 10.7. The van der Waals surface area contributed by atoms with Crippen LogP contribution < -0.4 is 11.3 Å². The van der Waals surface area contributed by atoms with Gasteiger partial charge in [-0.15, -0.1) is 11.3 Å². The molecule has 1 amide bonds. The van der Waals surface area contributed by atoms with E-state index in [2.05, 4.69) is 4.98 Å². The number of hydrogen-bond acceptors (Lipinski definition) is 6. The number of amides is 1. The number of carbonyl (C=O) groups excluding carboxylic acids is 2. The Morgan fingerprint density at radius 1 is 1.50 bits per heavy atom. The Morgan fingerprint density at radius 3 is 2.80 bits per heavy atom. The van der Waals surface area contributed by atoms with Gasteiger partial charge in [-0.1, -0.05) is 0 Å². The molecule has 0 bridgehead atoms. The Hall–Kier alpha value is -2.22. The van der Waals surface area contributed by atoms with Gasteiger partial charge in [0, 0.05) is 0 Å². The summed E-state index contributed by atoms with van der Waals surface area (Å²) in [4.78, 5) is 39.8. The quantitative estimate of drug-likeness (QED) is 0.823. The van der Waals surface area contributed by atoms with E-state index >= 15 is 0 Å². The summed E-state index contributed by atoms with van der Waals surface area (Å²) >= 11 is 1.07. The maximum atomic E-state index is 12.3. The molecule has 20 heavy (non-hydrogen) atoms. The number of rotatable bonds is 4. The minimum absolute atomic E-state index is 0.212. The van der Waals surface area contributed by atoms with Crippen molar-refractivity contribution in [2.75, 3.05) is 6.61 Å². The van der Waals surface area contributed by atoms with Crippen molar-refractivity contribution in [1.82, 2.24) is 9.55 Å². The van der Waals surface area contributed by atoms with Crippen LogP contribution in [0.2, 0.25) is 0 Å². The zero-order valence-corrected chi connectivity index (χ0v) is 11.8. The maximum Gasteiger partial charge on any atom is 0.326 e. The lowest BCUT2D eigenvalue weighted by atomic mass is 10.2.